The molecule has 3 nitrogen and oxygen atoms in total. The molecule has 0 aliphatic heterocycles. The molecule has 0 radical (unpaired) electrons. The summed E-state index contributed by atoms with van der Waals surface area (Å²) in [4.78, 5) is 15.3. The maximum atomic E-state index is 13.1. The number of nitrogens with zero attached hydrogens (tertiary/aromatic N) is 2. The van der Waals surface area contributed by atoms with Crippen LogP contribution in [0.25, 0.3) is 21.9 Å². The van der Waals surface area contributed by atoms with E-state index in [-0.39, 0.29) is 11.6 Å². The summed E-state index contributed by atoms with van der Waals surface area (Å²) >= 11 is 0. The molecule has 0 bridgehead atoms. The highest BCUT2D eigenvalue weighted by molar-refractivity contribution is 5.95. The predicted molar refractivity (Wildman–Crippen MR) is 115 cm³/mol. The summed E-state index contributed by atoms with van der Waals surface area (Å²) in [5.41, 5.74) is 2.25. The second-order valence-electron chi connectivity index (χ2n) is 6.79. The minimum absolute atomic E-state index is 0.0503. The molecule has 1 unspecified atom stereocenters. The van der Waals surface area contributed by atoms with Gasteiger partial charge in [-0.05, 0) is 23.9 Å². The maximum Gasteiger partial charge on any atom is 0.258 e. The first-order valence-electron chi connectivity index (χ1n) is 9.29. The summed E-state index contributed by atoms with van der Waals surface area (Å²) < 4.78 is 1.84. The molecule has 0 spiro atoms. The third kappa shape index (κ3) is 4.09. The molecule has 0 saturated heterocycles. The van der Waals surface area contributed by atoms with Crippen LogP contribution in [-0.4, -0.2) is 28.6 Å². The van der Waals surface area contributed by atoms with Gasteiger partial charge in [0, 0.05) is 42.8 Å². The molecule has 138 valence electrons. The third-order valence-corrected chi connectivity index (χ3v) is 4.89. The lowest BCUT2D eigenvalue weighted by Gasteiger charge is -2.27. The Balaban J connectivity index is 2.08. The third-order valence-electron chi connectivity index (χ3n) is 4.89. The van der Waals surface area contributed by atoms with Gasteiger partial charge < -0.3 is 4.57 Å². The zero-order chi connectivity index (χ0) is 19.2. The van der Waals surface area contributed by atoms with E-state index in [4.69, 9.17) is 0 Å². The van der Waals surface area contributed by atoms with Crippen LogP contribution in [0.5, 0.6) is 0 Å². The van der Waals surface area contributed by atoms with Gasteiger partial charge in [-0.15, -0.1) is 13.2 Å². The fourth-order valence-electron chi connectivity index (χ4n) is 3.49. The summed E-state index contributed by atoms with van der Waals surface area (Å²) in [6, 6.07) is 18.3. The van der Waals surface area contributed by atoms with Crippen molar-refractivity contribution < 1.29 is 0 Å². The fraction of sp³-hybridized carbons (Fsp3) is 0.208. The van der Waals surface area contributed by atoms with Gasteiger partial charge in [0.15, 0.2) is 0 Å². The zero-order valence-corrected chi connectivity index (χ0v) is 15.8. The molecular weight excluding hydrogens is 332 g/mol. The second-order valence-corrected chi connectivity index (χ2v) is 6.79. The summed E-state index contributed by atoms with van der Waals surface area (Å²) in [5, 5.41) is 1.75. The number of benzene rings is 2. The molecule has 3 heteroatoms. The van der Waals surface area contributed by atoms with Crippen molar-refractivity contribution in [2.24, 2.45) is 0 Å². The van der Waals surface area contributed by atoms with Gasteiger partial charge in [-0.25, -0.2) is 0 Å². The molecule has 0 aliphatic rings. The van der Waals surface area contributed by atoms with Gasteiger partial charge >= 0.3 is 0 Å². The largest absolute Gasteiger partial charge is 0.313 e. The van der Waals surface area contributed by atoms with Crippen LogP contribution in [-0.2, 0) is 6.54 Å². The summed E-state index contributed by atoms with van der Waals surface area (Å²) in [7, 11) is 0. The molecular formula is C24H26N2O. The van der Waals surface area contributed by atoms with E-state index in [1.807, 2.05) is 65.4 Å². The van der Waals surface area contributed by atoms with Gasteiger partial charge in [-0.1, -0.05) is 60.7 Å². The van der Waals surface area contributed by atoms with Crippen molar-refractivity contribution in [3.63, 3.8) is 0 Å². The monoisotopic (exact) mass is 358 g/mol. The standard InChI is InChI=1S/C24H26N2O/c1-4-15-25(16-5-2)19(3)17-26-18-23(20-11-7-6-8-12-20)21-13-9-10-14-22(21)24(26)27/h4-14,18-19H,1-2,15-17H2,3H3. The molecule has 2 aromatic carbocycles. The lowest BCUT2D eigenvalue weighted by molar-refractivity contribution is 0.232. The predicted octanol–water partition coefficient (Wildman–Crippen LogP) is 4.73. The van der Waals surface area contributed by atoms with E-state index in [0.717, 1.165) is 35.0 Å². The van der Waals surface area contributed by atoms with E-state index in [1.165, 1.54) is 0 Å². The first kappa shape index (κ1) is 18.9. The molecule has 3 rings (SSSR count). The summed E-state index contributed by atoms with van der Waals surface area (Å²) in [6.45, 7) is 12.0. The van der Waals surface area contributed by atoms with Gasteiger partial charge in [0.05, 0.1) is 0 Å². The molecule has 1 heterocycles. The highest BCUT2D eigenvalue weighted by Gasteiger charge is 2.15. The molecule has 3 aromatic rings. The van der Waals surface area contributed by atoms with Crippen molar-refractivity contribution in [2.45, 2.75) is 19.5 Å². The number of hydrogen-bond donors (Lipinski definition) is 0. The zero-order valence-electron chi connectivity index (χ0n) is 15.8. The Labute approximate surface area is 160 Å². The molecule has 27 heavy (non-hydrogen) atoms. The molecule has 1 aromatic heterocycles. The molecule has 0 amide bonds. The number of fused-ring (bicyclic) bond motifs is 1. The Kier molecular flexibility index (Phi) is 6.05. The topological polar surface area (TPSA) is 25.2 Å². The smallest absolute Gasteiger partial charge is 0.258 e. The van der Waals surface area contributed by atoms with Crippen LogP contribution in [0.4, 0.5) is 0 Å². The van der Waals surface area contributed by atoms with Crippen LogP contribution >= 0.6 is 0 Å². The van der Waals surface area contributed by atoms with E-state index < -0.39 is 0 Å². The molecule has 0 saturated carbocycles. The van der Waals surface area contributed by atoms with Gasteiger partial charge in [0.25, 0.3) is 5.56 Å². The molecule has 1 atom stereocenters. The number of aromatic nitrogens is 1. The highest BCUT2D eigenvalue weighted by atomic mass is 16.1. The Morgan fingerprint density at radius 3 is 2.19 bits per heavy atom. The highest BCUT2D eigenvalue weighted by Crippen LogP contribution is 2.26. The Bertz CT molecular complexity index is 978. The summed E-state index contributed by atoms with van der Waals surface area (Å²) in [5.74, 6) is 0. The Hall–Kier alpha value is -2.91. The van der Waals surface area contributed by atoms with Gasteiger partial charge in [-0.3, -0.25) is 9.69 Å². The quantitative estimate of drug-likeness (QED) is 0.544. The average Bonchev–Trinajstić information content (AvgIpc) is 2.70. The maximum absolute atomic E-state index is 13.1. The number of pyridine rings is 1. The van der Waals surface area contributed by atoms with Crippen molar-refractivity contribution in [3.8, 4) is 11.1 Å². The summed E-state index contributed by atoms with van der Waals surface area (Å²) in [6.07, 6.45) is 5.77. The van der Waals surface area contributed by atoms with Crippen LogP contribution in [0.1, 0.15) is 6.92 Å². The SMILES string of the molecule is C=CCN(CC=C)C(C)Cn1cc(-c2ccccc2)c2ccccc2c1=O. The lowest BCUT2D eigenvalue weighted by atomic mass is 10.0. The van der Waals surface area contributed by atoms with E-state index in [2.05, 4.69) is 37.1 Å². The van der Waals surface area contributed by atoms with Crippen molar-refractivity contribution in [3.05, 3.63) is 96.5 Å². The van der Waals surface area contributed by atoms with Gasteiger partial charge in [-0.2, -0.15) is 0 Å². The van der Waals surface area contributed by atoms with Gasteiger partial charge in [0.1, 0.15) is 0 Å². The van der Waals surface area contributed by atoms with Crippen molar-refractivity contribution >= 4 is 10.8 Å². The molecule has 0 fully saturated rings. The van der Waals surface area contributed by atoms with Crippen LogP contribution in [0.2, 0.25) is 0 Å². The first-order valence-corrected chi connectivity index (χ1v) is 9.29. The minimum Gasteiger partial charge on any atom is -0.313 e. The first-order chi connectivity index (χ1) is 13.2. The van der Waals surface area contributed by atoms with E-state index >= 15 is 0 Å². The second kappa shape index (κ2) is 8.65. The number of rotatable bonds is 8. The van der Waals surface area contributed by atoms with Crippen LogP contribution in [0.3, 0.4) is 0 Å². The molecule has 0 aliphatic carbocycles. The number of hydrogen-bond acceptors (Lipinski definition) is 2. The van der Waals surface area contributed by atoms with E-state index in [0.29, 0.717) is 6.54 Å². The van der Waals surface area contributed by atoms with E-state index in [9.17, 15) is 4.79 Å². The Morgan fingerprint density at radius 2 is 1.56 bits per heavy atom. The van der Waals surface area contributed by atoms with Crippen molar-refractivity contribution in [2.75, 3.05) is 13.1 Å². The van der Waals surface area contributed by atoms with E-state index in [1.54, 1.807) is 0 Å². The van der Waals surface area contributed by atoms with Gasteiger partial charge in [0.2, 0.25) is 0 Å². The van der Waals surface area contributed by atoms with Crippen LogP contribution in [0.15, 0.2) is 90.9 Å². The fourth-order valence-corrected chi connectivity index (χ4v) is 3.49. The van der Waals surface area contributed by atoms with Crippen LogP contribution in [0, 0.1) is 0 Å². The minimum atomic E-state index is 0.0503. The van der Waals surface area contributed by atoms with Crippen molar-refractivity contribution in [1.29, 1.82) is 0 Å². The molecule has 0 N–H and O–H groups in total. The average molecular weight is 358 g/mol. The van der Waals surface area contributed by atoms with Crippen molar-refractivity contribution in [1.82, 2.24) is 9.47 Å². The lowest BCUT2D eigenvalue weighted by Crippen LogP contribution is -2.38. The van der Waals surface area contributed by atoms with Crippen LogP contribution < -0.4 is 5.56 Å². The normalized spacial score (nSPS) is 12.2. The Morgan fingerprint density at radius 1 is 0.963 bits per heavy atom.